The van der Waals surface area contributed by atoms with Crippen LogP contribution in [0.1, 0.15) is 26.2 Å². The number of hydrogen-bond acceptors (Lipinski definition) is 5. The SMILES string of the molecule is C=CC(=O)OC1CCC(C=C(C)C(=O)O)CC1OC(=O)C=C. The van der Waals surface area contributed by atoms with Crippen LogP contribution < -0.4 is 0 Å². The lowest BCUT2D eigenvalue weighted by Gasteiger charge is -2.33. The lowest BCUT2D eigenvalue weighted by atomic mass is 9.84. The second-order valence-corrected chi connectivity index (χ2v) is 5.09. The van der Waals surface area contributed by atoms with E-state index >= 15 is 0 Å². The van der Waals surface area contributed by atoms with E-state index in [2.05, 4.69) is 13.2 Å². The quantitative estimate of drug-likeness (QED) is 0.596. The molecule has 0 bridgehead atoms. The van der Waals surface area contributed by atoms with Crippen LogP contribution in [0.2, 0.25) is 0 Å². The van der Waals surface area contributed by atoms with Crippen LogP contribution in [-0.2, 0) is 23.9 Å². The van der Waals surface area contributed by atoms with E-state index in [9.17, 15) is 14.4 Å². The number of carbonyl (C=O) groups excluding carboxylic acids is 2. The summed E-state index contributed by atoms with van der Waals surface area (Å²) in [7, 11) is 0. The van der Waals surface area contributed by atoms with Crippen LogP contribution in [0.3, 0.4) is 0 Å². The molecule has 1 saturated carbocycles. The maximum Gasteiger partial charge on any atom is 0.330 e. The van der Waals surface area contributed by atoms with Crippen LogP contribution in [0.25, 0.3) is 0 Å². The average Bonchev–Trinajstić information content (AvgIpc) is 2.49. The second-order valence-electron chi connectivity index (χ2n) is 5.09. The van der Waals surface area contributed by atoms with E-state index in [0.29, 0.717) is 19.3 Å². The second kappa shape index (κ2) is 8.17. The normalized spacial score (nSPS) is 25.0. The summed E-state index contributed by atoms with van der Waals surface area (Å²) in [6, 6.07) is 0. The predicted octanol–water partition coefficient (Wildman–Crippen LogP) is 2.01. The molecule has 1 aliphatic carbocycles. The zero-order valence-corrected chi connectivity index (χ0v) is 12.5. The van der Waals surface area contributed by atoms with Crippen molar-refractivity contribution in [1.82, 2.24) is 0 Å². The van der Waals surface area contributed by atoms with Crippen LogP contribution in [0.5, 0.6) is 0 Å². The summed E-state index contributed by atoms with van der Waals surface area (Å²) in [6.45, 7) is 8.17. The molecule has 0 aromatic rings. The summed E-state index contributed by atoms with van der Waals surface area (Å²) < 4.78 is 10.4. The van der Waals surface area contributed by atoms with Crippen LogP contribution in [0, 0.1) is 5.92 Å². The Balaban J connectivity index is 2.82. The number of carboxylic acids is 1. The smallest absolute Gasteiger partial charge is 0.330 e. The Labute approximate surface area is 129 Å². The molecule has 22 heavy (non-hydrogen) atoms. The number of ether oxygens (including phenoxy) is 2. The van der Waals surface area contributed by atoms with Gasteiger partial charge in [-0.05, 0) is 32.1 Å². The van der Waals surface area contributed by atoms with E-state index in [4.69, 9.17) is 14.6 Å². The van der Waals surface area contributed by atoms with Crippen molar-refractivity contribution in [2.24, 2.45) is 5.92 Å². The number of allylic oxidation sites excluding steroid dienone is 1. The van der Waals surface area contributed by atoms with Gasteiger partial charge >= 0.3 is 17.9 Å². The standard InChI is InChI=1S/C16H20O6/c1-4-14(17)21-12-7-6-11(8-10(3)16(19)20)9-13(12)22-15(18)5-2/h4-5,8,11-13H,1-2,6-7,9H2,3H3,(H,19,20). The molecule has 0 heterocycles. The zero-order chi connectivity index (χ0) is 16.7. The van der Waals surface area contributed by atoms with Gasteiger partial charge in [-0.15, -0.1) is 0 Å². The van der Waals surface area contributed by atoms with Gasteiger partial charge < -0.3 is 14.6 Å². The fraction of sp³-hybridized carbons (Fsp3) is 0.438. The first-order valence-electron chi connectivity index (χ1n) is 6.95. The first-order valence-corrected chi connectivity index (χ1v) is 6.95. The number of aliphatic carboxylic acids is 1. The topological polar surface area (TPSA) is 89.9 Å². The number of hydrogen-bond donors (Lipinski definition) is 1. The molecule has 1 aliphatic rings. The molecule has 6 nitrogen and oxygen atoms in total. The highest BCUT2D eigenvalue weighted by atomic mass is 16.6. The third-order valence-corrected chi connectivity index (χ3v) is 3.46. The van der Waals surface area contributed by atoms with Crippen LogP contribution in [-0.4, -0.2) is 35.2 Å². The van der Waals surface area contributed by atoms with Crippen molar-refractivity contribution in [3.63, 3.8) is 0 Å². The van der Waals surface area contributed by atoms with E-state index < -0.39 is 30.1 Å². The lowest BCUT2D eigenvalue weighted by Crippen LogP contribution is -2.39. The number of rotatable bonds is 6. The first-order chi connectivity index (χ1) is 10.4. The van der Waals surface area contributed by atoms with Crippen LogP contribution in [0.15, 0.2) is 37.0 Å². The molecule has 1 N–H and O–H groups in total. The molecule has 1 rings (SSSR count). The molecule has 0 amide bonds. The van der Waals surface area contributed by atoms with E-state index in [0.717, 1.165) is 12.2 Å². The van der Waals surface area contributed by atoms with Gasteiger partial charge in [0.15, 0.2) is 0 Å². The Morgan fingerprint density at radius 2 is 1.59 bits per heavy atom. The molecule has 0 aromatic heterocycles. The molecular weight excluding hydrogens is 288 g/mol. The molecule has 0 saturated heterocycles. The van der Waals surface area contributed by atoms with Gasteiger partial charge in [-0.2, -0.15) is 0 Å². The minimum atomic E-state index is -0.986. The van der Waals surface area contributed by atoms with Gasteiger partial charge in [-0.1, -0.05) is 19.2 Å². The molecule has 0 aliphatic heterocycles. The summed E-state index contributed by atoms with van der Waals surface area (Å²) in [4.78, 5) is 33.6. The third kappa shape index (κ3) is 5.20. The molecule has 3 atom stereocenters. The molecule has 120 valence electrons. The van der Waals surface area contributed by atoms with Crippen molar-refractivity contribution in [2.45, 2.75) is 38.4 Å². The van der Waals surface area contributed by atoms with Gasteiger partial charge in [0.05, 0.1) is 0 Å². The highest BCUT2D eigenvalue weighted by Gasteiger charge is 2.34. The fourth-order valence-corrected chi connectivity index (χ4v) is 2.36. The molecule has 1 fully saturated rings. The van der Waals surface area contributed by atoms with Gasteiger partial charge in [-0.25, -0.2) is 14.4 Å². The highest BCUT2D eigenvalue weighted by molar-refractivity contribution is 5.85. The lowest BCUT2D eigenvalue weighted by molar-refractivity contribution is -0.166. The van der Waals surface area contributed by atoms with Crippen molar-refractivity contribution < 1.29 is 29.0 Å². The summed E-state index contributed by atoms with van der Waals surface area (Å²) in [5, 5.41) is 8.92. The van der Waals surface area contributed by atoms with E-state index in [-0.39, 0.29) is 11.5 Å². The van der Waals surface area contributed by atoms with Gasteiger partial charge in [0, 0.05) is 17.7 Å². The Morgan fingerprint density at radius 3 is 2.09 bits per heavy atom. The molecule has 0 radical (unpaired) electrons. The Kier molecular flexibility index (Phi) is 6.56. The van der Waals surface area contributed by atoms with Crippen molar-refractivity contribution >= 4 is 17.9 Å². The van der Waals surface area contributed by atoms with Crippen molar-refractivity contribution in [1.29, 1.82) is 0 Å². The summed E-state index contributed by atoms with van der Waals surface area (Å²) in [5.41, 5.74) is 0.236. The maximum absolute atomic E-state index is 11.4. The summed E-state index contributed by atoms with van der Waals surface area (Å²) in [5.74, 6) is -2.23. The van der Waals surface area contributed by atoms with Gasteiger partial charge in [0.2, 0.25) is 0 Å². The summed E-state index contributed by atoms with van der Waals surface area (Å²) >= 11 is 0. The molecule has 6 heteroatoms. The minimum absolute atomic E-state index is 0.0580. The molecular formula is C16H20O6. The van der Waals surface area contributed by atoms with Gasteiger partial charge in [0.25, 0.3) is 0 Å². The number of carbonyl (C=O) groups is 3. The third-order valence-electron chi connectivity index (χ3n) is 3.46. The Bertz CT molecular complexity index is 505. The monoisotopic (exact) mass is 308 g/mol. The van der Waals surface area contributed by atoms with Crippen molar-refractivity contribution in [2.75, 3.05) is 0 Å². The predicted molar refractivity (Wildman–Crippen MR) is 78.9 cm³/mol. The fourth-order valence-electron chi connectivity index (χ4n) is 2.36. The maximum atomic E-state index is 11.4. The first kappa shape index (κ1) is 17.7. The van der Waals surface area contributed by atoms with Crippen molar-refractivity contribution in [3.05, 3.63) is 37.0 Å². The molecule has 3 unspecified atom stereocenters. The van der Waals surface area contributed by atoms with Crippen LogP contribution >= 0.6 is 0 Å². The minimum Gasteiger partial charge on any atom is -0.478 e. The number of esters is 2. The van der Waals surface area contributed by atoms with Crippen molar-refractivity contribution in [3.8, 4) is 0 Å². The largest absolute Gasteiger partial charge is 0.478 e. The van der Waals surface area contributed by atoms with Gasteiger partial charge in [0.1, 0.15) is 12.2 Å². The van der Waals surface area contributed by atoms with E-state index in [1.807, 2.05) is 0 Å². The average molecular weight is 308 g/mol. The Morgan fingerprint density at radius 1 is 1.05 bits per heavy atom. The zero-order valence-electron chi connectivity index (χ0n) is 12.5. The molecule has 0 aromatic carbocycles. The molecule has 0 spiro atoms. The Hall–Kier alpha value is -2.37. The van der Waals surface area contributed by atoms with Gasteiger partial charge in [-0.3, -0.25) is 0 Å². The highest BCUT2D eigenvalue weighted by Crippen LogP contribution is 2.30. The van der Waals surface area contributed by atoms with E-state index in [1.54, 1.807) is 6.08 Å². The number of carboxylic acid groups (broad SMARTS) is 1. The van der Waals surface area contributed by atoms with E-state index in [1.165, 1.54) is 6.92 Å². The van der Waals surface area contributed by atoms with Crippen LogP contribution in [0.4, 0.5) is 0 Å². The summed E-state index contributed by atoms with van der Waals surface area (Å²) in [6.07, 6.45) is 4.03.